The van der Waals surface area contributed by atoms with Gasteiger partial charge in [0.1, 0.15) is 0 Å². The van der Waals surface area contributed by atoms with E-state index in [0.29, 0.717) is 18.8 Å². The normalized spacial score (nSPS) is 12.4. The molecule has 0 atom stereocenters. The van der Waals surface area contributed by atoms with Gasteiger partial charge in [-0.3, -0.25) is 4.79 Å². The molecule has 30 heavy (non-hydrogen) atoms. The molecule has 156 valence electrons. The lowest BCUT2D eigenvalue weighted by molar-refractivity contribution is -0.121. The lowest BCUT2D eigenvalue weighted by Crippen LogP contribution is -2.25. The van der Waals surface area contributed by atoms with Gasteiger partial charge < -0.3 is 14.8 Å². The van der Waals surface area contributed by atoms with Crippen LogP contribution in [0.3, 0.4) is 0 Å². The molecule has 0 fully saturated rings. The number of carbonyl (C=O) groups excluding carboxylic acids is 1. The number of nitrogens with one attached hydrogen (secondary N) is 1. The maximum absolute atomic E-state index is 12.3. The first-order valence-electron chi connectivity index (χ1n) is 10.4. The zero-order valence-electron chi connectivity index (χ0n) is 17.4. The third kappa shape index (κ3) is 4.64. The van der Waals surface area contributed by atoms with Gasteiger partial charge >= 0.3 is 0 Å². The summed E-state index contributed by atoms with van der Waals surface area (Å²) in [6.07, 6.45) is 4.04. The maximum Gasteiger partial charge on any atom is 0.231 e. The zero-order valence-corrected chi connectivity index (χ0v) is 17.4. The second-order valence-electron chi connectivity index (χ2n) is 7.88. The summed E-state index contributed by atoms with van der Waals surface area (Å²) in [7, 11) is 0. The SMILES string of the molecule is CC(C)CCNC(=O)CCc1cn(-c2ccccc2)nc1-c1ccc2c(c1)OCO2. The summed E-state index contributed by atoms with van der Waals surface area (Å²) in [5.74, 6) is 2.11. The number of fused-ring (bicyclic) bond motifs is 1. The van der Waals surface area contributed by atoms with Crippen molar-refractivity contribution in [3.8, 4) is 28.4 Å². The Morgan fingerprint density at radius 2 is 1.93 bits per heavy atom. The first-order chi connectivity index (χ1) is 14.6. The fourth-order valence-electron chi connectivity index (χ4n) is 3.43. The van der Waals surface area contributed by atoms with Crippen molar-refractivity contribution < 1.29 is 14.3 Å². The molecule has 2 heterocycles. The molecule has 6 heteroatoms. The number of hydrogen-bond acceptors (Lipinski definition) is 4. The minimum Gasteiger partial charge on any atom is -0.454 e. The van der Waals surface area contributed by atoms with Crippen LogP contribution >= 0.6 is 0 Å². The van der Waals surface area contributed by atoms with Gasteiger partial charge in [-0.2, -0.15) is 5.10 Å². The molecule has 0 spiro atoms. The lowest BCUT2D eigenvalue weighted by atomic mass is 10.0. The number of benzene rings is 2. The van der Waals surface area contributed by atoms with Crippen molar-refractivity contribution in [2.24, 2.45) is 5.92 Å². The first kappa shape index (κ1) is 20.0. The highest BCUT2D eigenvalue weighted by atomic mass is 16.7. The molecule has 1 aliphatic heterocycles. The van der Waals surface area contributed by atoms with Gasteiger partial charge in [-0.05, 0) is 54.7 Å². The van der Waals surface area contributed by atoms with Crippen molar-refractivity contribution in [2.45, 2.75) is 33.1 Å². The van der Waals surface area contributed by atoms with Gasteiger partial charge in [-0.15, -0.1) is 0 Å². The lowest BCUT2D eigenvalue weighted by Gasteiger charge is -2.07. The molecule has 0 radical (unpaired) electrons. The van der Waals surface area contributed by atoms with Crippen LogP contribution in [0, 0.1) is 5.92 Å². The Labute approximate surface area is 176 Å². The molecule has 2 aromatic carbocycles. The topological polar surface area (TPSA) is 65.4 Å². The van der Waals surface area contributed by atoms with Crippen molar-refractivity contribution in [3.63, 3.8) is 0 Å². The number of amides is 1. The summed E-state index contributed by atoms with van der Waals surface area (Å²) in [4.78, 5) is 12.3. The van der Waals surface area contributed by atoms with Crippen LogP contribution in [0.1, 0.15) is 32.3 Å². The van der Waals surface area contributed by atoms with E-state index in [2.05, 4.69) is 19.2 Å². The molecule has 1 aliphatic rings. The van der Waals surface area contributed by atoms with Gasteiger partial charge in [-0.25, -0.2) is 4.68 Å². The monoisotopic (exact) mass is 405 g/mol. The Morgan fingerprint density at radius 3 is 2.73 bits per heavy atom. The highest BCUT2D eigenvalue weighted by Gasteiger charge is 2.18. The molecular weight excluding hydrogens is 378 g/mol. The van der Waals surface area contributed by atoms with E-state index in [4.69, 9.17) is 14.6 Å². The van der Waals surface area contributed by atoms with E-state index in [1.165, 1.54) is 0 Å². The number of hydrogen-bond donors (Lipinski definition) is 1. The molecule has 1 amide bonds. The van der Waals surface area contributed by atoms with E-state index in [1.54, 1.807) is 0 Å². The Hall–Kier alpha value is -3.28. The van der Waals surface area contributed by atoms with Crippen LogP contribution in [-0.4, -0.2) is 29.0 Å². The molecule has 0 aliphatic carbocycles. The van der Waals surface area contributed by atoms with Crippen LogP contribution < -0.4 is 14.8 Å². The molecule has 0 saturated carbocycles. The first-order valence-corrected chi connectivity index (χ1v) is 10.4. The summed E-state index contributed by atoms with van der Waals surface area (Å²) >= 11 is 0. The molecule has 0 bridgehead atoms. The van der Waals surface area contributed by atoms with Crippen LogP contribution in [0.15, 0.2) is 54.7 Å². The standard InChI is InChI=1S/C24H27N3O3/c1-17(2)12-13-25-23(28)11-9-19-15-27(20-6-4-3-5-7-20)26-24(19)18-8-10-21-22(14-18)30-16-29-21/h3-8,10,14-15,17H,9,11-13,16H2,1-2H3,(H,25,28). The van der Waals surface area contributed by atoms with Gasteiger partial charge in [0.25, 0.3) is 0 Å². The van der Waals surface area contributed by atoms with E-state index < -0.39 is 0 Å². The van der Waals surface area contributed by atoms with Crippen LogP contribution in [0.2, 0.25) is 0 Å². The highest BCUT2D eigenvalue weighted by Crippen LogP contribution is 2.36. The summed E-state index contributed by atoms with van der Waals surface area (Å²) in [5, 5.41) is 7.84. The predicted molar refractivity (Wildman–Crippen MR) is 116 cm³/mol. The summed E-state index contributed by atoms with van der Waals surface area (Å²) in [5.41, 5.74) is 3.81. The molecule has 6 nitrogen and oxygen atoms in total. The quantitative estimate of drug-likeness (QED) is 0.605. The van der Waals surface area contributed by atoms with Crippen LogP contribution in [0.25, 0.3) is 16.9 Å². The molecule has 0 unspecified atom stereocenters. The second-order valence-corrected chi connectivity index (χ2v) is 7.88. The summed E-state index contributed by atoms with van der Waals surface area (Å²) in [6, 6.07) is 15.8. The van der Waals surface area contributed by atoms with Gasteiger partial charge in [0, 0.05) is 24.7 Å². The van der Waals surface area contributed by atoms with Crippen molar-refractivity contribution >= 4 is 5.91 Å². The molecular formula is C24H27N3O3. The van der Waals surface area contributed by atoms with Gasteiger partial charge in [0.05, 0.1) is 11.4 Å². The highest BCUT2D eigenvalue weighted by molar-refractivity contribution is 5.76. The largest absolute Gasteiger partial charge is 0.454 e. The second kappa shape index (κ2) is 9.03. The average Bonchev–Trinajstić information content (AvgIpc) is 3.39. The fraction of sp³-hybridized carbons (Fsp3) is 0.333. The summed E-state index contributed by atoms with van der Waals surface area (Å²) < 4.78 is 12.8. The molecule has 4 rings (SSSR count). The molecule has 3 aromatic rings. The van der Waals surface area contributed by atoms with Gasteiger partial charge in [-0.1, -0.05) is 32.0 Å². The minimum absolute atomic E-state index is 0.0692. The van der Waals surface area contributed by atoms with E-state index in [0.717, 1.165) is 47.0 Å². The van der Waals surface area contributed by atoms with Gasteiger partial charge in [0.15, 0.2) is 11.5 Å². The van der Waals surface area contributed by atoms with Crippen molar-refractivity contribution in [3.05, 3.63) is 60.3 Å². The number of aryl methyl sites for hydroxylation is 1. The number of rotatable bonds is 8. The number of aromatic nitrogens is 2. The molecule has 0 saturated heterocycles. The number of nitrogens with zero attached hydrogens (tertiary/aromatic N) is 2. The van der Waals surface area contributed by atoms with Crippen LogP contribution in [-0.2, 0) is 11.2 Å². The van der Waals surface area contributed by atoms with Gasteiger partial charge in [0.2, 0.25) is 12.7 Å². The average molecular weight is 405 g/mol. The Balaban J connectivity index is 1.57. The minimum atomic E-state index is 0.0692. The zero-order chi connectivity index (χ0) is 20.9. The van der Waals surface area contributed by atoms with Crippen LogP contribution in [0.5, 0.6) is 11.5 Å². The number of ether oxygens (including phenoxy) is 2. The molecule has 1 N–H and O–H groups in total. The van der Waals surface area contributed by atoms with E-state index in [9.17, 15) is 4.79 Å². The van der Waals surface area contributed by atoms with Crippen LogP contribution in [0.4, 0.5) is 0 Å². The molecule has 1 aromatic heterocycles. The van der Waals surface area contributed by atoms with E-state index >= 15 is 0 Å². The third-order valence-electron chi connectivity index (χ3n) is 5.12. The number of para-hydroxylation sites is 1. The van der Waals surface area contributed by atoms with Crippen molar-refractivity contribution in [1.82, 2.24) is 15.1 Å². The Morgan fingerprint density at radius 1 is 1.13 bits per heavy atom. The number of carbonyl (C=O) groups is 1. The fourth-order valence-corrected chi connectivity index (χ4v) is 3.43. The van der Waals surface area contributed by atoms with Crippen molar-refractivity contribution in [2.75, 3.05) is 13.3 Å². The predicted octanol–water partition coefficient (Wildman–Crippen LogP) is 4.36. The van der Waals surface area contributed by atoms with E-state index in [1.807, 2.05) is 59.4 Å². The van der Waals surface area contributed by atoms with Crippen molar-refractivity contribution in [1.29, 1.82) is 0 Å². The Kier molecular flexibility index (Phi) is 6.02. The summed E-state index contributed by atoms with van der Waals surface area (Å²) in [6.45, 7) is 5.26. The van der Waals surface area contributed by atoms with E-state index in [-0.39, 0.29) is 12.7 Å². The third-order valence-corrected chi connectivity index (χ3v) is 5.12. The maximum atomic E-state index is 12.3. The smallest absolute Gasteiger partial charge is 0.231 e. The Bertz CT molecular complexity index is 1010.